The number of aromatic amines is 1. The Balaban J connectivity index is 2.02. The minimum Gasteiger partial charge on any atom is -0.478 e. The van der Waals surface area contributed by atoms with Gasteiger partial charge < -0.3 is 15.4 Å². The Hall–Kier alpha value is -2.28. The fourth-order valence-corrected chi connectivity index (χ4v) is 2.75. The van der Waals surface area contributed by atoms with E-state index in [9.17, 15) is 14.7 Å². The van der Waals surface area contributed by atoms with E-state index >= 15 is 0 Å². The monoisotopic (exact) mass is 383 g/mol. The summed E-state index contributed by atoms with van der Waals surface area (Å²) in [5.41, 5.74) is 0.909. The standard InChI is InChI=1S/C15H8Cl3N3O3/c16-6-1-2-10(17)8(3-6)13(22)19-7-4-9(14(23)24)12-11(5-7)20-15(18)21-12/h1-5H,(H,19,22)(H,20,21)(H,23,24). The van der Waals surface area contributed by atoms with Crippen LogP contribution in [-0.4, -0.2) is 27.0 Å². The molecule has 0 aliphatic heterocycles. The van der Waals surface area contributed by atoms with Gasteiger partial charge in [-0.25, -0.2) is 9.78 Å². The van der Waals surface area contributed by atoms with Crippen molar-refractivity contribution >= 4 is 63.4 Å². The predicted octanol–water partition coefficient (Wildman–Crippen LogP) is 4.47. The largest absolute Gasteiger partial charge is 0.478 e. The van der Waals surface area contributed by atoms with E-state index in [0.717, 1.165) is 0 Å². The van der Waals surface area contributed by atoms with Gasteiger partial charge in [-0.15, -0.1) is 0 Å². The van der Waals surface area contributed by atoms with Crippen LogP contribution in [0, 0.1) is 0 Å². The molecule has 0 radical (unpaired) electrons. The van der Waals surface area contributed by atoms with E-state index in [4.69, 9.17) is 34.8 Å². The van der Waals surface area contributed by atoms with Crippen LogP contribution < -0.4 is 5.32 Å². The normalized spacial score (nSPS) is 10.8. The zero-order chi connectivity index (χ0) is 17.4. The van der Waals surface area contributed by atoms with E-state index in [2.05, 4.69) is 15.3 Å². The predicted molar refractivity (Wildman–Crippen MR) is 92.5 cm³/mol. The van der Waals surface area contributed by atoms with Crippen molar-refractivity contribution in [3.8, 4) is 0 Å². The van der Waals surface area contributed by atoms with Gasteiger partial charge in [0.15, 0.2) is 0 Å². The van der Waals surface area contributed by atoms with E-state index in [0.29, 0.717) is 10.5 Å². The number of nitrogens with one attached hydrogen (secondary N) is 2. The first-order valence-electron chi connectivity index (χ1n) is 6.54. The van der Waals surface area contributed by atoms with Gasteiger partial charge in [-0.1, -0.05) is 23.2 Å². The minimum atomic E-state index is -1.19. The summed E-state index contributed by atoms with van der Waals surface area (Å²) in [6, 6.07) is 7.29. The van der Waals surface area contributed by atoms with Crippen molar-refractivity contribution in [3.63, 3.8) is 0 Å². The van der Waals surface area contributed by atoms with Crippen molar-refractivity contribution in [1.82, 2.24) is 9.97 Å². The maximum atomic E-state index is 12.4. The molecular formula is C15H8Cl3N3O3. The highest BCUT2D eigenvalue weighted by Crippen LogP contribution is 2.26. The van der Waals surface area contributed by atoms with Crippen molar-refractivity contribution in [3.05, 3.63) is 56.8 Å². The molecule has 9 heteroatoms. The van der Waals surface area contributed by atoms with Gasteiger partial charge in [-0.2, -0.15) is 0 Å². The van der Waals surface area contributed by atoms with Crippen molar-refractivity contribution in [2.45, 2.75) is 0 Å². The summed E-state index contributed by atoms with van der Waals surface area (Å²) in [7, 11) is 0. The number of aromatic carboxylic acids is 1. The van der Waals surface area contributed by atoms with E-state index in [1.165, 1.54) is 24.3 Å². The lowest BCUT2D eigenvalue weighted by Gasteiger charge is -2.08. The van der Waals surface area contributed by atoms with Gasteiger partial charge in [0, 0.05) is 10.7 Å². The lowest BCUT2D eigenvalue weighted by Crippen LogP contribution is -2.13. The molecule has 1 aromatic heterocycles. The third-order valence-corrected chi connectivity index (χ3v) is 3.96. The third-order valence-electron chi connectivity index (χ3n) is 3.22. The molecule has 0 aliphatic carbocycles. The highest BCUT2D eigenvalue weighted by atomic mass is 35.5. The number of fused-ring (bicyclic) bond motifs is 1. The molecule has 0 fully saturated rings. The van der Waals surface area contributed by atoms with Crippen LogP contribution in [0.2, 0.25) is 15.3 Å². The molecule has 0 bridgehead atoms. The second kappa shape index (κ2) is 6.32. The van der Waals surface area contributed by atoms with Gasteiger partial charge in [0.25, 0.3) is 5.91 Å². The first-order valence-corrected chi connectivity index (χ1v) is 7.67. The maximum absolute atomic E-state index is 12.4. The van der Waals surface area contributed by atoms with Crippen LogP contribution in [0.5, 0.6) is 0 Å². The number of carbonyl (C=O) groups excluding carboxylic acids is 1. The summed E-state index contributed by atoms with van der Waals surface area (Å²) in [5.74, 6) is -1.72. The Kier molecular flexibility index (Phi) is 4.36. The number of imidazole rings is 1. The van der Waals surface area contributed by atoms with E-state index in [-0.39, 0.29) is 32.6 Å². The molecule has 122 valence electrons. The number of hydrogen-bond acceptors (Lipinski definition) is 3. The van der Waals surface area contributed by atoms with E-state index < -0.39 is 11.9 Å². The molecule has 1 amide bonds. The molecule has 2 aromatic carbocycles. The van der Waals surface area contributed by atoms with Crippen LogP contribution in [0.25, 0.3) is 11.0 Å². The smallest absolute Gasteiger partial charge is 0.338 e. The first-order chi connectivity index (χ1) is 11.3. The minimum absolute atomic E-state index is 0.0499. The molecule has 3 aromatic rings. The Labute approximate surface area is 150 Å². The number of carboxylic acids is 1. The number of halogens is 3. The van der Waals surface area contributed by atoms with Crippen molar-refractivity contribution in [2.75, 3.05) is 5.32 Å². The van der Waals surface area contributed by atoms with Crippen LogP contribution in [0.4, 0.5) is 5.69 Å². The fraction of sp³-hybridized carbons (Fsp3) is 0. The van der Waals surface area contributed by atoms with Gasteiger partial charge in [0.2, 0.25) is 5.28 Å². The molecule has 0 saturated heterocycles. The van der Waals surface area contributed by atoms with Gasteiger partial charge in [0.05, 0.1) is 21.7 Å². The molecule has 0 aliphatic rings. The Morgan fingerprint density at radius 1 is 1.08 bits per heavy atom. The molecule has 0 spiro atoms. The lowest BCUT2D eigenvalue weighted by atomic mass is 10.1. The number of carbonyl (C=O) groups is 2. The molecule has 0 atom stereocenters. The Morgan fingerprint density at radius 2 is 1.83 bits per heavy atom. The van der Waals surface area contributed by atoms with Gasteiger partial charge in [-0.05, 0) is 41.9 Å². The number of rotatable bonds is 3. The van der Waals surface area contributed by atoms with Crippen LogP contribution >= 0.6 is 34.8 Å². The molecule has 0 unspecified atom stereocenters. The number of H-pyrrole nitrogens is 1. The summed E-state index contributed by atoms with van der Waals surface area (Å²) in [6.45, 7) is 0. The second-order valence-corrected chi connectivity index (χ2v) is 6.03. The highest BCUT2D eigenvalue weighted by molar-refractivity contribution is 6.36. The molecule has 6 nitrogen and oxygen atoms in total. The summed E-state index contributed by atoms with van der Waals surface area (Å²) in [5, 5.41) is 12.5. The quantitative estimate of drug-likeness (QED) is 0.620. The zero-order valence-electron chi connectivity index (χ0n) is 11.7. The maximum Gasteiger partial charge on any atom is 0.338 e. The summed E-state index contributed by atoms with van der Waals surface area (Å²) in [6.07, 6.45) is 0. The number of anilines is 1. The third kappa shape index (κ3) is 3.17. The molecular weight excluding hydrogens is 377 g/mol. The van der Waals surface area contributed by atoms with Gasteiger partial charge >= 0.3 is 5.97 Å². The topological polar surface area (TPSA) is 95.1 Å². The Morgan fingerprint density at radius 3 is 2.54 bits per heavy atom. The van der Waals surface area contributed by atoms with E-state index in [1.807, 2.05) is 0 Å². The summed E-state index contributed by atoms with van der Waals surface area (Å²) >= 11 is 17.6. The highest BCUT2D eigenvalue weighted by Gasteiger charge is 2.17. The molecule has 1 heterocycles. The number of hydrogen-bond donors (Lipinski definition) is 3. The SMILES string of the molecule is O=C(Nc1cc(C(=O)O)c2nc(Cl)[nH]c2c1)c1cc(Cl)ccc1Cl. The molecule has 24 heavy (non-hydrogen) atoms. The van der Waals surface area contributed by atoms with Crippen molar-refractivity contribution in [1.29, 1.82) is 0 Å². The lowest BCUT2D eigenvalue weighted by molar-refractivity contribution is 0.0698. The molecule has 0 saturated carbocycles. The summed E-state index contributed by atoms with van der Waals surface area (Å²) < 4.78 is 0. The first kappa shape index (κ1) is 16.6. The van der Waals surface area contributed by atoms with Gasteiger partial charge in [-0.3, -0.25) is 4.79 Å². The van der Waals surface area contributed by atoms with E-state index in [1.54, 1.807) is 6.07 Å². The van der Waals surface area contributed by atoms with Crippen molar-refractivity contribution < 1.29 is 14.7 Å². The Bertz CT molecular complexity index is 985. The van der Waals surface area contributed by atoms with Crippen molar-refractivity contribution in [2.24, 2.45) is 0 Å². The number of benzene rings is 2. The van der Waals surface area contributed by atoms with Crippen LogP contribution in [-0.2, 0) is 0 Å². The zero-order valence-corrected chi connectivity index (χ0v) is 14.0. The van der Waals surface area contributed by atoms with Crippen LogP contribution in [0.1, 0.15) is 20.7 Å². The second-order valence-electron chi connectivity index (χ2n) is 4.83. The average molecular weight is 385 g/mol. The van der Waals surface area contributed by atoms with Gasteiger partial charge in [0.1, 0.15) is 5.52 Å². The molecule has 3 N–H and O–H groups in total. The summed E-state index contributed by atoms with van der Waals surface area (Å²) in [4.78, 5) is 30.4. The number of nitrogens with zero attached hydrogens (tertiary/aromatic N) is 1. The van der Waals surface area contributed by atoms with Crippen LogP contribution in [0.3, 0.4) is 0 Å². The van der Waals surface area contributed by atoms with Crippen LogP contribution in [0.15, 0.2) is 30.3 Å². The number of amides is 1. The molecule has 3 rings (SSSR count). The fourth-order valence-electron chi connectivity index (χ4n) is 2.19. The number of carboxylic acid groups (broad SMARTS) is 1. The average Bonchev–Trinajstić information content (AvgIpc) is 2.88. The number of aromatic nitrogens is 2.